The molecular weight excluding hydrogens is 386 g/mol. The number of hydrogen-bond donors (Lipinski definition) is 3. The van der Waals surface area contributed by atoms with Crippen LogP contribution >= 0.6 is 0 Å². The number of esters is 1. The lowest BCUT2D eigenvalue weighted by Crippen LogP contribution is -2.52. The molecule has 0 aromatic carbocycles. The molecule has 0 aliphatic heterocycles. The molecular formula is C22H41N3O5. The van der Waals surface area contributed by atoms with Crippen LogP contribution in [0, 0.1) is 0 Å². The van der Waals surface area contributed by atoms with Crippen molar-refractivity contribution in [3.05, 3.63) is 0 Å². The second kappa shape index (κ2) is 17.7. The molecule has 174 valence electrons. The molecule has 0 unspecified atom stereocenters. The normalized spacial score (nSPS) is 12.6. The first-order chi connectivity index (χ1) is 14.3. The predicted octanol–water partition coefficient (Wildman–Crippen LogP) is 2.73. The Bertz CT molecular complexity index is 525. The maximum Gasteiger partial charge on any atom is 0.328 e. The van der Waals surface area contributed by atoms with E-state index in [0.29, 0.717) is 0 Å². The van der Waals surface area contributed by atoms with E-state index in [4.69, 9.17) is 5.73 Å². The summed E-state index contributed by atoms with van der Waals surface area (Å²) in [5.41, 5.74) is 5.18. The molecule has 0 saturated carbocycles. The zero-order valence-electron chi connectivity index (χ0n) is 19.0. The summed E-state index contributed by atoms with van der Waals surface area (Å²) >= 11 is 0. The van der Waals surface area contributed by atoms with Gasteiger partial charge in [-0.25, -0.2) is 4.79 Å². The minimum absolute atomic E-state index is 0.284. The van der Waals surface area contributed by atoms with Crippen molar-refractivity contribution in [1.29, 1.82) is 0 Å². The third-order valence-electron chi connectivity index (χ3n) is 4.98. The van der Waals surface area contributed by atoms with Crippen LogP contribution in [0.2, 0.25) is 0 Å². The van der Waals surface area contributed by atoms with Crippen molar-refractivity contribution in [3.8, 4) is 0 Å². The zero-order chi connectivity index (χ0) is 22.8. The Morgan fingerprint density at radius 2 is 1.33 bits per heavy atom. The van der Waals surface area contributed by atoms with Crippen molar-refractivity contribution in [2.45, 2.75) is 109 Å². The molecule has 0 aromatic rings. The van der Waals surface area contributed by atoms with E-state index in [9.17, 15) is 19.2 Å². The minimum Gasteiger partial charge on any atom is -0.467 e. The molecule has 0 heterocycles. The van der Waals surface area contributed by atoms with Gasteiger partial charge in [-0.2, -0.15) is 0 Å². The fourth-order valence-electron chi connectivity index (χ4n) is 3.18. The van der Waals surface area contributed by atoms with Crippen LogP contribution in [-0.2, 0) is 23.9 Å². The van der Waals surface area contributed by atoms with Crippen molar-refractivity contribution >= 4 is 23.7 Å². The van der Waals surface area contributed by atoms with Gasteiger partial charge in [0.05, 0.1) is 13.5 Å². The molecule has 0 fully saturated rings. The topological polar surface area (TPSA) is 128 Å². The number of rotatable bonds is 18. The molecule has 0 spiro atoms. The van der Waals surface area contributed by atoms with Crippen LogP contribution in [-0.4, -0.2) is 42.9 Å². The molecule has 0 rings (SSSR count). The van der Waals surface area contributed by atoms with E-state index in [1.165, 1.54) is 65.4 Å². The number of methoxy groups -OCH3 is 1. The lowest BCUT2D eigenvalue weighted by Gasteiger charge is -2.19. The van der Waals surface area contributed by atoms with Crippen LogP contribution in [0.15, 0.2) is 0 Å². The number of primary amides is 1. The highest BCUT2D eigenvalue weighted by Crippen LogP contribution is 2.12. The number of ether oxygens (including phenoxy) is 1. The van der Waals surface area contributed by atoms with Crippen LogP contribution in [0.3, 0.4) is 0 Å². The van der Waals surface area contributed by atoms with E-state index < -0.39 is 29.9 Å². The molecule has 0 aliphatic rings. The molecule has 0 aromatic heterocycles. The maximum atomic E-state index is 12.3. The summed E-state index contributed by atoms with van der Waals surface area (Å²) in [6, 6.07) is -1.99. The summed E-state index contributed by atoms with van der Waals surface area (Å²) in [6.45, 7) is 3.68. The molecule has 8 heteroatoms. The van der Waals surface area contributed by atoms with Crippen LogP contribution in [0.5, 0.6) is 0 Å². The summed E-state index contributed by atoms with van der Waals surface area (Å²) < 4.78 is 4.54. The largest absolute Gasteiger partial charge is 0.467 e. The number of nitrogens with one attached hydrogen (secondary N) is 2. The molecule has 4 N–H and O–H groups in total. The first-order valence-electron chi connectivity index (χ1n) is 11.3. The van der Waals surface area contributed by atoms with E-state index in [2.05, 4.69) is 22.3 Å². The lowest BCUT2D eigenvalue weighted by molar-refractivity contribution is -0.144. The number of nitrogens with two attached hydrogens (primary N) is 1. The summed E-state index contributed by atoms with van der Waals surface area (Å²) in [5.74, 6) is -2.28. The van der Waals surface area contributed by atoms with Crippen molar-refractivity contribution in [2.24, 2.45) is 5.73 Å². The Hall–Kier alpha value is -2.12. The van der Waals surface area contributed by atoms with Gasteiger partial charge in [0, 0.05) is 6.42 Å². The molecule has 8 nitrogen and oxygen atoms in total. The maximum absolute atomic E-state index is 12.3. The predicted molar refractivity (Wildman–Crippen MR) is 116 cm³/mol. The monoisotopic (exact) mass is 427 g/mol. The molecule has 0 aliphatic carbocycles. The van der Waals surface area contributed by atoms with E-state index in [1.807, 2.05) is 0 Å². The molecule has 3 amide bonds. The number of amides is 3. The van der Waals surface area contributed by atoms with Gasteiger partial charge in [-0.1, -0.05) is 71.1 Å². The van der Waals surface area contributed by atoms with Crippen molar-refractivity contribution in [2.75, 3.05) is 7.11 Å². The Kier molecular flexibility index (Phi) is 16.5. The first kappa shape index (κ1) is 27.9. The fraction of sp³-hybridized carbons (Fsp3) is 0.818. The van der Waals surface area contributed by atoms with Crippen molar-refractivity contribution in [3.63, 3.8) is 0 Å². The Morgan fingerprint density at radius 1 is 0.833 bits per heavy atom. The number of unbranched alkanes of at least 4 members (excludes halogenated alkanes) is 10. The van der Waals surface area contributed by atoms with Crippen molar-refractivity contribution in [1.82, 2.24) is 10.6 Å². The third kappa shape index (κ3) is 14.8. The molecule has 0 bridgehead atoms. The van der Waals surface area contributed by atoms with E-state index in [0.717, 1.165) is 19.3 Å². The summed E-state index contributed by atoms with van der Waals surface area (Å²) in [5, 5.41) is 4.96. The summed E-state index contributed by atoms with van der Waals surface area (Å²) in [6.07, 6.45) is 13.0. The second-order valence-electron chi connectivity index (χ2n) is 7.83. The van der Waals surface area contributed by atoms with E-state index in [1.54, 1.807) is 0 Å². The van der Waals surface area contributed by atoms with Crippen LogP contribution in [0.1, 0.15) is 97.3 Å². The standard InChI is InChI=1S/C22H41N3O5/c1-4-5-6-7-8-9-10-11-12-13-14-15-20(27)25-18(16-19(23)26)21(28)24-17(2)22(29)30-3/h17-18H,4-16H2,1-3H3,(H2,23,26)(H,24,28)(H,25,27)/t17-,18+/m0/s1. The van der Waals surface area contributed by atoms with Gasteiger partial charge in [0.2, 0.25) is 17.7 Å². The second-order valence-corrected chi connectivity index (χ2v) is 7.83. The molecule has 0 radical (unpaired) electrons. The fourth-order valence-corrected chi connectivity index (χ4v) is 3.18. The van der Waals surface area contributed by atoms with E-state index in [-0.39, 0.29) is 18.7 Å². The van der Waals surface area contributed by atoms with E-state index >= 15 is 0 Å². The van der Waals surface area contributed by atoms with Crippen LogP contribution < -0.4 is 16.4 Å². The van der Waals surface area contributed by atoms with Gasteiger partial charge < -0.3 is 21.1 Å². The average Bonchev–Trinajstić information content (AvgIpc) is 2.70. The average molecular weight is 428 g/mol. The smallest absolute Gasteiger partial charge is 0.328 e. The van der Waals surface area contributed by atoms with Gasteiger partial charge in [-0.05, 0) is 13.3 Å². The summed E-state index contributed by atoms with van der Waals surface area (Å²) in [7, 11) is 1.21. The van der Waals surface area contributed by atoms with Crippen LogP contribution in [0.25, 0.3) is 0 Å². The van der Waals surface area contributed by atoms with Gasteiger partial charge in [0.1, 0.15) is 12.1 Å². The Labute approximate surface area is 181 Å². The minimum atomic E-state index is -1.10. The van der Waals surface area contributed by atoms with Gasteiger partial charge in [-0.15, -0.1) is 0 Å². The zero-order valence-corrected chi connectivity index (χ0v) is 19.0. The molecule has 2 atom stereocenters. The van der Waals surface area contributed by atoms with Gasteiger partial charge in [-0.3, -0.25) is 14.4 Å². The quantitative estimate of drug-likeness (QED) is 0.229. The lowest BCUT2D eigenvalue weighted by atomic mass is 10.0. The Balaban J connectivity index is 4.07. The summed E-state index contributed by atoms with van der Waals surface area (Å²) in [4.78, 5) is 47.1. The highest BCUT2D eigenvalue weighted by Gasteiger charge is 2.26. The van der Waals surface area contributed by atoms with Gasteiger partial charge in [0.15, 0.2) is 0 Å². The van der Waals surface area contributed by atoms with Crippen molar-refractivity contribution < 1.29 is 23.9 Å². The number of carbonyl (C=O) groups excluding carboxylic acids is 4. The molecule has 30 heavy (non-hydrogen) atoms. The van der Waals surface area contributed by atoms with Gasteiger partial charge >= 0.3 is 5.97 Å². The molecule has 0 saturated heterocycles. The Morgan fingerprint density at radius 3 is 1.80 bits per heavy atom. The number of hydrogen-bond acceptors (Lipinski definition) is 5. The highest BCUT2D eigenvalue weighted by atomic mass is 16.5. The van der Waals surface area contributed by atoms with Gasteiger partial charge in [0.25, 0.3) is 0 Å². The number of carbonyl (C=O) groups is 4. The van der Waals surface area contributed by atoms with Crippen LogP contribution in [0.4, 0.5) is 0 Å². The SMILES string of the molecule is CCCCCCCCCCCCCC(=O)N[C@H](CC(N)=O)C(=O)N[C@@H](C)C(=O)OC. The highest BCUT2D eigenvalue weighted by molar-refractivity contribution is 5.93. The third-order valence-corrected chi connectivity index (χ3v) is 4.98. The first-order valence-corrected chi connectivity index (χ1v) is 11.3.